The smallest absolute Gasteiger partial charge is 0.312 e. The normalized spacial score (nSPS) is 11.3. The first-order valence-electron chi connectivity index (χ1n) is 13.3. The van der Waals surface area contributed by atoms with E-state index >= 15 is 0 Å². The molecule has 0 unspecified atom stereocenters. The van der Waals surface area contributed by atoms with Crippen LogP contribution < -0.4 is 15.6 Å². The Bertz CT molecular complexity index is 2140. The quantitative estimate of drug-likeness (QED) is 0.110. The van der Waals surface area contributed by atoms with Gasteiger partial charge in [-0.25, -0.2) is 4.98 Å². The fourth-order valence-corrected chi connectivity index (χ4v) is 5.09. The van der Waals surface area contributed by atoms with Gasteiger partial charge in [0.15, 0.2) is 12.4 Å². The zero-order valence-corrected chi connectivity index (χ0v) is 24.6. The number of nitro groups is 1. The van der Waals surface area contributed by atoms with E-state index < -0.39 is 28.7 Å². The molecule has 0 spiro atoms. The maximum Gasteiger partial charge on any atom is 0.312 e. The fourth-order valence-electron chi connectivity index (χ4n) is 4.63. The van der Waals surface area contributed by atoms with Crippen LogP contribution in [0.3, 0.4) is 0 Å². The first-order valence-corrected chi connectivity index (χ1v) is 14.1. The van der Waals surface area contributed by atoms with E-state index in [0.717, 1.165) is 15.6 Å². The number of anilines is 1. The summed E-state index contributed by atoms with van der Waals surface area (Å²) >= 11 is 3.29. The predicted molar refractivity (Wildman–Crippen MR) is 170 cm³/mol. The number of hydrogen-bond acceptors (Lipinski definition) is 8. The Morgan fingerprint density at radius 3 is 2.64 bits per heavy atom. The lowest BCUT2D eigenvalue weighted by Gasteiger charge is -2.12. The summed E-state index contributed by atoms with van der Waals surface area (Å²) in [5.41, 5.74) is 1.75. The van der Waals surface area contributed by atoms with Crippen molar-refractivity contribution in [3.05, 3.63) is 127 Å². The molecule has 1 N–H and O–H groups in total. The monoisotopic (exact) mass is 651 g/mol. The molecule has 4 aromatic carbocycles. The second-order valence-electron chi connectivity index (χ2n) is 9.71. The number of para-hydroxylation sites is 3. The van der Waals surface area contributed by atoms with Gasteiger partial charge in [0.05, 0.1) is 22.0 Å². The summed E-state index contributed by atoms with van der Waals surface area (Å²) < 4.78 is 13.2. The molecule has 1 amide bonds. The number of hydrogen-bond donors (Lipinski definition) is 1. The van der Waals surface area contributed by atoms with Crippen LogP contribution in [0.1, 0.15) is 11.1 Å². The number of aromatic nitrogens is 2. The minimum atomic E-state index is -0.625. The van der Waals surface area contributed by atoms with Crippen molar-refractivity contribution in [1.82, 2.24) is 9.66 Å². The number of furan rings is 1. The highest BCUT2D eigenvalue weighted by molar-refractivity contribution is 9.10. The Morgan fingerprint density at radius 1 is 1.09 bits per heavy atom. The third kappa shape index (κ3) is 5.70. The summed E-state index contributed by atoms with van der Waals surface area (Å²) in [5.74, 6) is -0.281. The Kier molecular flexibility index (Phi) is 7.73. The van der Waals surface area contributed by atoms with E-state index in [1.54, 1.807) is 48.5 Å². The molecule has 0 fully saturated rings. The summed E-state index contributed by atoms with van der Waals surface area (Å²) in [6.07, 6.45) is 1.25. The minimum Gasteiger partial charge on any atom is -0.476 e. The van der Waals surface area contributed by atoms with Crippen molar-refractivity contribution in [2.24, 2.45) is 5.10 Å². The number of rotatable bonds is 8. The highest BCUT2D eigenvalue weighted by atomic mass is 79.9. The van der Waals surface area contributed by atoms with Gasteiger partial charge in [0.25, 0.3) is 11.5 Å². The highest BCUT2D eigenvalue weighted by Crippen LogP contribution is 2.34. The van der Waals surface area contributed by atoms with Crippen LogP contribution in [0.2, 0.25) is 0 Å². The molecule has 218 valence electrons. The van der Waals surface area contributed by atoms with Crippen LogP contribution in [0.4, 0.5) is 11.4 Å². The summed E-state index contributed by atoms with van der Waals surface area (Å²) in [7, 11) is 0. The van der Waals surface area contributed by atoms with Crippen molar-refractivity contribution in [3.8, 4) is 17.3 Å². The van der Waals surface area contributed by atoms with Crippen LogP contribution in [0.15, 0.2) is 110 Å². The van der Waals surface area contributed by atoms with Gasteiger partial charge in [0.1, 0.15) is 5.58 Å². The average molecular weight is 652 g/mol. The average Bonchev–Trinajstić information content (AvgIpc) is 3.45. The van der Waals surface area contributed by atoms with E-state index in [9.17, 15) is 19.7 Å². The molecule has 0 saturated carbocycles. The number of carbonyl (C=O) groups is 1. The zero-order chi connectivity index (χ0) is 30.8. The number of nitrogens with one attached hydrogen (secondary N) is 1. The maximum absolute atomic E-state index is 13.7. The van der Waals surface area contributed by atoms with Gasteiger partial charge in [-0.05, 0) is 48.9 Å². The van der Waals surface area contributed by atoms with E-state index in [0.29, 0.717) is 32.4 Å². The molecule has 2 aromatic heterocycles. The van der Waals surface area contributed by atoms with E-state index in [4.69, 9.17) is 9.15 Å². The van der Waals surface area contributed by atoms with Gasteiger partial charge in [-0.1, -0.05) is 64.5 Å². The number of carbonyl (C=O) groups excluding carboxylic acids is 1. The molecule has 0 aliphatic heterocycles. The summed E-state index contributed by atoms with van der Waals surface area (Å²) in [5, 5.41) is 20.3. The number of amides is 1. The lowest BCUT2D eigenvalue weighted by molar-refractivity contribution is -0.385. The minimum absolute atomic E-state index is 0.130. The van der Waals surface area contributed by atoms with Crippen molar-refractivity contribution in [1.29, 1.82) is 0 Å². The molecule has 44 heavy (non-hydrogen) atoms. The molecule has 0 radical (unpaired) electrons. The van der Waals surface area contributed by atoms with Crippen LogP contribution in [0.5, 0.6) is 5.75 Å². The standard InChI is InChI=1S/C32H22BrN5O6/c1-19-8-2-5-11-24(19)35-29(39)18-43-30-21(14-22(33)16-26(30)38(41)42)17-34-37-31(28-15-20-9-3-7-13-27(20)44-28)36-25-12-6-4-10-23(25)32(37)40/h2-17H,18H2,1H3,(H,35,39). The summed E-state index contributed by atoms with van der Waals surface area (Å²) in [6.45, 7) is 1.33. The van der Waals surface area contributed by atoms with Crippen molar-refractivity contribution >= 4 is 61.3 Å². The molecule has 0 saturated heterocycles. The first kappa shape index (κ1) is 28.5. The first-order chi connectivity index (χ1) is 21.3. The Labute approximate surface area is 257 Å². The topological polar surface area (TPSA) is 142 Å². The van der Waals surface area contributed by atoms with Crippen molar-refractivity contribution in [2.75, 3.05) is 11.9 Å². The molecule has 0 aliphatic rings. The fraction of sp³-hybridized carbons (Fsp3) is 0.0625. The molecule has 0 bridgehead atoms. The number of ether oxygens (including phenoxy) is 1. The Balaban J connectivity index is 1.42. The molecule has 0 aliphatic carbocycles. The van der Waals surface area contributed by atoms with Crippen LogP contribution in [0.25, 0.3) is 33.5 Å². The van der Waals surface area contributed by atoms with Crippen molar-refractivity contribution in [3.63, 3.8) is 0 Å². The summed E-state index contributed by atoms with van der Waals surface area (Å²) in [4.78, 5) is 42.4. The number of benzene rings is 4. The molecule has 12 heteroatoms. The van der Waals surface area contributed by atoms with E-state index in [1.165, 1.54) is 18.3 Å². The van der Waals surface area contributed by atoms with E-state index in [1.807, 2.05) is 37.3 Å². The molecular formula is C32H22BrN5O6. The molecule has 6 aromatic rings. The van der Waals surface area contributed by atoms with Crippen molar-refractivity contribution in [2.45, 2.75) is 6.92 Å². The number of nitro benzene ring substituents is 1. The lowest BCUT2D eigenvalue weighted by atomic mass is 10.2. The number of nitrogens with zero attached hydrogens (tertiary/aromatic N) is 4. The van der Waals surface area contributed by atoms with Crippen LogP contribution >= 0.6 is 15.9 Å². The van der Waals surface area contributed by atoms with Crippen molar-refractivity contribution < 1.29 is 18.9 Å². The van der Waals surface area contributed by atoms with Gasteiger partial charge in [-0.2, -0.15) is 9.78 Å². The number of aryl methyl sites for hydroxylation is 1. The molecule has 11 nitrogen and oxygen atoms in total. The van der Waals surface area contributed by atoms with Gasteiger partial charge in [-0.15, -0.1) is 0 Å². The van der Waals surface area contributed by atoms with Crippen LogP contribution in [0, 0.1) is 17.0 Å². The molecular weight excluding hydrogens is 630 g/mol. The molecule has 0 atom stereocenters. The molecule has 2 heterocycles. The zero-order valence-electron chi connectivity index (χ0n) is 23.1. The largest absolute Gasteiger partial charge is 0.476 e. The van der Waals surface area contributed by atoms with E-state index in [2.05, 4.69) is 31.3 Å². The van der Waals surface area contributed by atoms with Gasteiger partial charge in [0, 0.05) is 27.2 Å². The number of halogens is 1. The van der Waals surface area contributed by atoms with E-state index in [-0.39, 0.29) is 17.1 Å². The van der Waals surface area contributed by atoms with Crippen LogP contribution in [-0.4, -0.2) is 33.3 Å². The summed E-state index contributed by atoms with van der Waals surface area (Å²) in [6, 6.07) is 25.9. The Morgan fingerprint density at radius 2 is 1.84 bits per heavy atom. The van der Waals surface area contributed by atoms with Gasteiger partial charge in [0.2, 0.25) is 11.6 Å². The third-order valence-electron chi connectivity index (χ3n) is 6.74. The predicted octanol–water partition coefficient (Wildman–Crippen LogP) is 6.69. The number of fused-ring (bicyclic) bond motifs is 2. The Hall–Kier alpha value is -5.62. The van der Waals surface area contributed by atoms with Gasteiger partial charge >= 0.3 is 5.69 Å². The second kappa shape index (κ2) is 11.9. The van der Waals surface area contributed by atoms with Gasteiger partial charge < -0.3 is 14.5 Å². The maximum atomic E-state index is 13.7. The van der Waals surface area contributed by atoms with Crippen LogP contribution in [-0.2, 0) is 4.79 Å². The highest BCUT2D eigenvalue weighted by Gasteiger charge is 2.22. The third-order valence-corrected chi connectivity index (χ3v) is 7.20. The molecule has 6 rings (SSSR count). The lowest BCUT2D eigenvalue weighted by Crippen LogP contribution is -2.22. The van der Waals surface area contributed by atoms with Gasteiger partial charge in [-0.3, -0.25) is 19.7 Å². The SMILES string of the molecule is Cc1ccccc1NC(=O)COc1c(C=Nn2c(-c3cc4ccccc4o3)nc3ccccc3c2=O)cc(Br)cc1[N+](=O)[O-]. The second-order valence-corrected chi connectivity index (χ2v) is 10.6.